The molecule has 1 rings (SSSR count). The second kappa shape index (κ2) is 6.24. The second-order valence-corrected chi connectivity index (χ2v) is 5.64. The van der Waals surface area contributed by atoms with Crippen LogP contribution in [0.3, 0.4) is 0 Å². The largest absolute Gasteiger partial charge is 0.480 e. The fourth-order valence-electron chi connectivity index (χ4n) is 2.72. The molecule has 16 heavy (non-hydrogen) atoms. The smallest absolute Gasteiger partial charge is 0.317 e. The molecular weight excluding hydrogens is 202 g/mol. The Labute approximate surface area is 98.8 Å². The maximum Gasteiger partial charge on any atom is 0.317 e. The Bertz CT molecular complexity index is 228. The third-order valence-corrected chi connectivity index (χ3v) is 3.36. The quantitative estimate of drug-likeness (QED) is 0.785. The van der Waals surface area contributed by atoms with Gasteiger partial charge in [-0.25, -0.2) is 0 Å². The van der Waals surface area contributed by atoms with E-state index in [0.29, 0.717) is 12.0 Å². The molecule has 94 valence electrons. The highest BCUT2D eigenvalue weighted by Gasteiger charge is 2.26. The first-order valence-electron chi connectivity index (χ1n) is 6.45. The first-order chi connectivity index (χ1) is 7.49. The van der Waals surface area contributed by atoms with Crippen LogP contribution >= 0.6 is 0 Å². The minimum absolute atomic E-state index is 0.204. The molecule has 2 unspecified atom stereocenters. The number of hydrogen-bond acceptors (Lipinski definition) is 2. The van der Waals surface area contributed by atoms with Crippen molar-refractivity contribution < 1.29 is 9.90 Å². The van der Waals surface area contributed by atoms with E-state index in [-0.39, 0.29) is 6.54 Å². The molecule has 3 heteroatoms. The average Bonchev–Trinajstić information content (AvgIpc) is 2.15. The standard InChI is InChI=1S/C13H25NO2/c1-10(2)8-14(9-13(15)16)12-6-4-5-11(3)7-12/h10-12H,4-9H2,1-3H3,(H,15,16). The van der Waals surface area contributed by atoms with Crippen LogP contribution in [0, 0.1) is 11.8 Å². The molecule has 0 aromatic carbocycles. The lowest BCUT2D eigenvalue weighted by Gasteiger charge is -2.36. The van der Waals surface area contributed by atoms with Gasteiger partial charge >= 0.3 is 5.97 Å². The molecule has 0 radical (unpaired) electrons. The number of hydrogen-bond donors (Lipinski definition) is 1. The molecule has 0 spiro atoms. The maximum atomic E-state index is 10.9. The van der Waals surface area contributed by atoms with E-state index in [4.69, 9.17) is 5.11 Å². The van der Waals surface area contributed by atoms with E-state index < -0.39 is 5.97 Å². The van der Waals surface area contributed by atoms with Crippen molar-refractivity contribution in [3.05, 3.63) is 0 Å². The molecular formula is C13H25NO2. The van der Waals surface area contributed by atoms with Gasteiger partial charge in [0.25, 0.3) is 0 Å². The summed E-state index contributed by atoms with van der Waals surface area (Å²) >= 11 is 0. The van der Waals surface area contributed by atoms with Crippen molar-refractivity contribution in [3.8, 4) is 0 Å². The lowest BCUT2D eigenvalue weighted by molar-refractivity contribution is -0.139. The summed E-state index contributed by atoms with van der Waals surface area (Å²) in [7, 11) is 0. The predicted octanol–water partition coefficient (Wildman–Crippen LogP) is 2.61. The van der Waals surface area contributed by atoms with Crippen LogP contribution in [0.25, 0.3) is 0 Å². The number of nitrogens with zero attached hydrogens (tertiary/aromatic N) is 1. The van der Waals surface area contributed by atoms with Gasteiger partial charge in [-0.1, -0.05) is 33.6 Å². The third-order valence-electron chi connectivity index (χ3n) is 3.36. The Balaban J connectivity index is 2.55. The lowest BCUT2D eigenvalue weighted by Crippen LogP contribution is -2.43. The van der Waals surface area contributed by atoms with E-state index in [9.17, 15) is 4.79 Å². The zero-order chi connectivity index (χ0) is 12.1. The van der Waals surface area contributed by atoms with Gasteiger partial charge < -0.3 is 5.11 Å². The van der Waals surface area contributed by atoms with Crippen LogP contribution in [0.5, 0.6) is 0 Å². The van der Waals surface area contributed by atoms with Crippen molar-refractivity contribution in [1.82, 2.24) is 4.90 Å². The molecule has 3 nitrogen and oxygen atoms in total. The third kappa shape index (κ3) is 4.52. The summed E-state index contributed by atoms with van der Waals surface area (Å²) in [5, 5.41) is 8.95. The summed E-state index contributed by atoms with van der Waals surface area (Å²) in [5.41, 5.74) is 0. The van der Waals surface area contributed by atoms with Gasteiger partial charge in [0.15, 0.2) is 0 Å². The minimum Gasteiger partial charge on any atom is -0.480 e. The fourth-order valence-corrected chi connectivity index (χ4v) is 2.72. The number of carboxylic acid groups (broad SMARTS) is 1. The number of carbonyl (C=O) groups is 1. The zero-order valence-corrected chi connectivity index (χ0v) is 10.8. The molecule has 0 aromatic rings. The Kier molecular flexibility index (Phi) is 5.26. The van der Waals surface area contributed by atoms with E-state index in [0.717, 1.165) is 12.5 Å². The van der Waals surface area contributed by atoms with Crippen LogP contribution in [0.15, 0.2) is 0 Å². The summed E-state index contributed by atoms with van der Waals surface area (Å²) < 4.78 is 0. The van der Waals surface area contributed by atoms with Crippen LogP contribution in [-0.4, -0.2) is 35.1 Å². The number of aliphatic carboxylic acids is 1. The van der Waals surface area contributed by atoms with Gasteiger partial charge in [-0.15, -0.1) is 0 Å². The van der Waals surface area contributed by atoms with Gasteiger partial charge in [0, 0.05) is 12.6 Å². The fraction of sp³-hybridized carbons (Fsp3) is 0.923. The first-order valence-corrected chi connectivity index (χ1v) is 6.45. The number of rotatable bonds is 5. The molecule has 1 aliphatic carbocycles. The van der Waals surface area contributed by atoms with Crippen molar-refractivity contribution in [2.24, 2.45) is 11.8 Å². The van der Waals surface area contributed by atoms with Gasteiger partial charge in [0.2, 0.25) is 0 Å². The highest BCUT2D eigenvalue weighted by molar-refractivity contribution is 5.69. The zero-order valence-electron chi connectivity index (χ0n) is 10.8. The van der Waals surface area contributed by atoms with Crippen molar-refractivity contribution in [1.29, 1.82) is 0 Å². The van der Waals surface area contributed by atoms with Crippen LogP contribution in [0.4, 0.5) is 0 Å². The van der Waals surface area contributed by atoms with Crippen molar-refractivity contribution in [2.75, 3.05) is 13.1 Å². The summed E-state index contributed by atoms with van der Waals surface area (Å²) in [5.74, 6) is 0.595. The summed E-state index contributed by atoms with van der Waals surface area (Å²) in [4.78, 5) is 13.0. The molecule has 1 fully saturated rings. The summed E-state index contributed by atoms with van der Waals surface area (Å²) in [6, 6.07) is 0.488. The van der Waals surface area contributed by atoms with Crippen molar-refractivity contribution >= 4 is 5.97 Å². The molecule has 0 heterocycles. The van der Waals surface area contributed by atoms with Gasteiger partial charge in [0.1, 0.15) is 0 Å². The van der Waals surface area contributed by atoms with Crippen molar-refractivity contribution in [3.63, 3.8) is 0 Å². The molecule has 0 aliphatic heterocycles. The van der Waals surface area contributed by atoms with Gasteiger partial charge in [-0.05, 0) is 24.7 Å². The first kappa shape index (κ1) is 13.5. The van der Waals surface area contributed by atoms with Gasteiger partial charge in [-0.3, -0.25) is 9.69 Å². The normalized spacial score (nSPS) is 26.3. The molecule has 1 N–H and O–H groups in total. The molecule has 0 saturated heterocycles. The topological polar surface area (TPSA) is 40.5 Å². The SMILES string of the molecule is CC(C)CN(CC(=O)O)C1CCCC(C)C1. The maximum absolute atomic E-state index is 10.9. The molecule has 0 bridgehead atoms. The van der Waals surface area contributed by atoms with E-state index in [1.54, 1.807) is 0 Å². The van der Waals surface area contributed by atoms with Crippen LogP contribution in [-0.2, 0) is 4.79 Å². The predicted molar refractivity (Wildman–Crippen MR) is 65.5 cm³/mol. The molecule has 1 saturated carbocycles. The van der Waals surface area contributed by atoms with Crippen LogP contribution in [0.2, 0.25) is 0 Å². The Morgan fingerprint density at radius 3 is 2.62 bits per heavy atom. The Morgan fingerprint density at radius 1 is 1.44 bits per heavy atom. The van der Waals surface area contributed by atoms with Crippen molar-refractivity contribution in [2.45, 2.75) is 52.5 Å². The van der Waals surface area contributed by atoms with Gasteiger partial charge in [-0.2, -0.15) is 0 Å². The Hall–Kier alpha value is -0.570. The molecule has 0 amide bonds. The van der Waals surface area contributed by atoms with Crippen LogP contribution < -0.4 is 0 Å². The molecule has 0 aromatic heterocycles. The molecule has 2 atom stereocenters. The lowest BCUT2D eigenvalue weighted by atomic mass is 9.86. The van der Waals surface area contributed by atoms with E-state index >= 15 is 0 Å². The Morgan fingerprint density at radius 2 is 2.12 bits per heavy atom. The monoisotopic (exact) mass is 227 g/mol. The van der Waals surface area contributed by atoms with E-state index in [1.165, 1.54) is 25.7 Å². The summed E-state index contributed by atoms with van der Waals surface area (Å²) in [6.07, 6.45) is 4.89. The molecule has 1 aliphatic rings. The highest BCUT2D eigenvalue weighted by atomic mass is 16.4. The van der Waals surface area contributed by atoms with Crippen LogP contribution in [0.1, 0.15) is 46.5 Å². The summed E-state index contributed by atoms with van der Waals surface area (Å²) in [6.45, 7) is 7.70. The second-order valence-electron chi connectivity index (χ2n) is 5.64. The average molecular weight is 227 g/mol. The minimum atomic E-state index is -0.695. The van der Waals surface area contributed by atoms with Gasteiger partial charge in [0.05, 0.1) is 6.54 Å². The van der Waals surface area contributed by atoms with E-state index in [1.807, 2.05) is 0 Å². The highest BCUT2D eigenvalue weighted by Crippen LogP contribution is 2.27. The number of carboxylic acids is 1. The van der Waals surface area contributed by atoms with E-state index in [2.05, 4.69) is 25.7 Å².